The average molecular weight is 308 g/mol. The van der Waals surface area contributed by atoms with Crippen molar-refractivity contribution in [2.75, 3.05) is 16.8 Å². The predicted molar refractivity (Wildman–Crippen MR) is 84.1 cm³/mol. The fourth-order valence-corrected chi connectivity index (χ4v) is 3.14. The van der Waals surface area contributed by atoms with Crippen LogP contribution in [0.3, 0.4) is 0 Å². The van der Waals surface area contributed by atoms with E-state index < -0.39 is 9.84 Å². The Morgan fingerprint density at radius 1 is 1.29 bits per heavy atom. The number of hydrogen-bond acceptors (Lipinski definition) is 5. The molecule has 1 N–H and O–H groups in total. The van der Waals surface area contributed by atoms with Gasteiger partial charge < -0.3 is 9.73 Å². The third-order valence-corrected chi connectivity index (χ3v) is 5.04. The first-order valence-electron chi connectivity index (χ1n) is 6.89. The average Bonchev–Trinajstić information content (AvgIpc) is 2.85. The Hall–Kier alpha value is -1.82. The predicted octanol–water partition coefficient (Wildman–Crippen LogP) is 2.89. The third-order valence-electron chi connectivity index (χ3n) is 3.16. The fourth-order valence-electron chi connectivity index (χ4n) is 2.06. The Morgan fingerprint density at radius 3 is 2.48 bits per heavy atom. The number of hydrogen-bond donors (Lipinski definition) is 1. The van der Waals surface area contributed by atoms with Crippen LogP contribution in [0.5, 0.6) is 0 Å². The number of sulfone groups is 1. The second-order valence-corrected chi connectivity index (χ2v) is 7.47. The highest BCUT2D eigenvalue weighted by molar-refractivity contribution is 7.91. The van der Waals surface area contributed by atoms with Gasteiger partial charge in [0.1, 0.15) is 12.0 Å². The summed E-state index contributed by atoms with van der Waals surface area (Å²) in [6.45, 7) is 5.33. The number of nitrogens with zero attached hydrogens (tertiary/aromatic N) is 1. The van der Waals surface area contributed by atoms with Crippen molar-refractivity contribution in [2.24, 2.45) is 0 Å². The zero-order chi connectivity index (χ0) is 15.5. The standard InChI is InChI=1S/C15H20N2O3S/c1-4-21(18,19)10-11(2)16-14-7-5-13(6-8-14)15-9-20-12(3)17-15/h5-9,11,16H,4,10H2,1-3H3. The van der Waals surface area contributed by atoms with Crippen molar-refractivity contribution >= 4 is 15.5 Å². The molecule has 0 aliphatic carbocycles. The molecule has 2 rings (SSSR count). The molecule has 0 radical (unpaired) electrons. The zero-order valence-electron chi connectivity index (χ0n) is 12.5. The van der Waals surface area contributed by atoms with E-state index in [2.05, 4.69) is 10.3 Å². The second kappa shape index (κ2) is 6.30. The van der Waals surface area contributed by atoms with Crippen molar-refractivity contribution in [1.82, 2.24) is 4.98 Å². The van der Waals surface area contributed by atoms with Gasteiger partial charge in [0.15, 0.2) is 15.7 Å². The quantitative estimate of drug-likeness (QED) is 0.888. The summed E-state index contributed by atoms with van der Waals surface area (Å²) in [7, 11) is -2.97. The molecule has 2 aromatic rings. The lowest BCUT2D eigenvalue weighted by atomic mass is 10.1. The van der Waals surface area contributed by atoms with Crippen molar-refractivity contribution in [1.29, 1.82) is 0 Å². The fraction of sp³-hybridized carbons (Fsp3) is 0.400. The topological polar surface area (TPSA) is 72.2 Å². The van der Waals surface area contributed by atoms with Crippen LogP contribution in [0.15, 0.2) is 34.9 Å². The molecule has 0 amide bonds. The van der Waals surface area contributed by atoms with Crippen molar-refractivity contribution in [2.45, 2.75) is 26.8 Å². The SMILES string of the molecule is CCS(=O)(=O)CC(C)Nc1ccc(-c2coc(C)n2)cc1. The van der Waals surface area contributed by atoms with E-state index in [1.807, 2.05) is 31.2 Å². The van der Waals surface area contributed by atoms with Gasteiger partial charge >= 0.3 is 0 Å². The summed E-state index contributed by atoms with van der Waals surface area (Å²) < 4.78 is 28.4. The number of aromatic nitrogens is 1. The van der Waals surface area contributed by atoms with E-state index in [1.165, 1.54) is 0 Å². The van der Waals surface area contributed by atoms with E-state index >= 15 is 0 Å². The molecule has 21 heavy (non-hydrogen) atoms. The monoisotopic (exact) mass is 308 g/mol. The molecule has 1 aromatic heterocycles. The van der Waals surface area contributed by atoms with Crippen LogP contribution in [0.4, 0.5) is 5.69 Å². The first-order chi connectivity index (χ1) is 9.89. The normalized spacial score (nSPS) is 13.1. The van der Waals surface area contributed by atoms with Gasteiger partial charge in [-0.2, -0.15) is 0 Å². The van der Waals surface area contributed by atoms with Gasteiger partial charge in [-0.1, -0.05) is 19.1 Å². The van der Waals surface area contributed by atoms with Crippen molar-refractivity contribution in [3.8, 4) is 11.3 Å². The highest BCUT2D eigenvalue weighted by atomic mass is 32.2. The highest BCUT2D eigenvalue weighted by Gasteiger charge is 2.13. The minimum Gasteiger partial charge on any atom is -0.449 e. The molecule has 0 aliphatic heterocycles. The maximum Gasteiger partial charge on any atom is 0.191 e. The van der Waals surface area contributed by atoms with Gasteiger partial charge in [0.25, 0.3) is 0 Å². The molecule has 114 valence electrons. The van der Waals surface area contributed by atoms with Gasteiger partial charge in [0.2, 0.25) is 0 Å². The molecule has 0 saturated heterocycles. The number of nitrogens with one attached hydrogen (secondary N) is 1. The molecule has 1 unspecified atom stereocenters. The lowest BCUT2D eigenvalue weighted by Crippen LogP contribution is -2.26. The molecule has 5 nitrogen and oxygen atoms in total. The molecular formula is C15H20N2O3S. The van der Waals surface area contributed by atoms with Crippen LogP contribution in [-0.2, 0) is 9.84 Å². The summed E-state index contributed by atoms with van der Waals surface area (Å²) in [6, 6.07) is 7.56. The largest absolute Gasteiger partial charge is 0.449 e. The van der Waals surface area contributed by atoms with E-state index in [-0.39, 0.29) is 17.5 Å². The molecule has 1 atom stereocenters. The Bertz CT molecular complexity index is 690. The van der Waals surface area contributed by atoms with E-state index in [9.17, 15) is 8.42 Å². The van der Waals surface area contributed by atoms with Crippen LogP contribution in [0.25, 0.3) is 11.3 Å². The molecule has 1 aromatic carbocycles. The number of benzene rings is 1. The van der Waals surface area contributed by atoms with E-state index in [0.717, 1.165) is 16.9 Å². The number of rotatable bonds is 6. The first kappa shape index (κ1) is 15.6. The Morgan fingerprint density at radius 2 is 1.95 bits per heavy atom. The van der Waals surface area contributed by atoms with Crippen molar-refractivity contribution in [3.63, 3.8) is 0 Å². The molecule has 0 aliphatic rings. The van der Waals surface area contributed by atoms with Crippen LogP contribution in [0, 0.1) is 6.92 Å². The van der Waals surface area contributed by atoms with E-state index in [4.69, 9.17) is 4.42 Å². The maximum atomic E-state index is 11.6. The Balaban J connectivity index is 2.03. The number of oxazole rings is 1. The van der Waals surface area contributed by atoms with Gasteiger partial charge in [0, 0.05) is 30.0 Å². The molecule has 1 heterocycles. The minimum absolute atomic E-state index is 0.130. The summed E-state index contributed by atoms with van der Waals surface area (Å²) in [5.74, 6) is 0.933. The second-order valence-electron chi connectivity index (χ2n) is 5.07. The maximum absolute atomic E-state index is 11.6. The molecule has 0 saturated carbocycles. The van der Waals surface area contributed by atoms with Gasteiger partial charge in [0.05, 0.1) is 5.75 Å². The summed E-state index contributed by atoms with van der Waals surface area (Å²) >= 11 is 0. The van der Waals surface area contributed by atoms with Crippen molar-refractivity contribution < 1.29 is 12.8 Å². The highest BCUT2D eigenvalue weighted by Crippen LogP contribution is 2.21. The Labute approximate surface area is 125 Å². The van der Waals surface area contributed by atoms with Crippen LogP contribution >= 0.6 is 0 Å². The lowest BCUT2D eigenvalue weighted by molar-refractivity contribution is 0.521. The van der Waals surface area contributed by atoms with E-state index in [0.29, 0.717) is 5.89 Å². The zero-order valence-corrected chi connectivity index (χ0v) is 13.3. The van der Waals surface area contributed by atoms with E-state index in [1.54, 1.807) is 20.1 Å². The molecule has 0 fully saturated rings. The van der Waals surface area contributed by atoms with Gasteiger partial charge in [-0.25, -0.2) is 13.4 Å². The number of aryl methyl sites for hydroxylation is 1. The van der Waals surface area contributed by atoms with Gasteiger partial charge in [-0.3, -0.25) is 0 Å². The van der Waals surface area contributed by atoms with Gasteiger partial charge in [-0.15, -0.1) is 0 Å². The summed E-state index contributed by atoms with van der Waals surface area (Å²) in [5, 5.41) is 3.19. The molecule has 6 heteroatoms. The molecule has 0 spiro atoms. The van der Waals surface area contributed by atoms with Crippen LogP contribution in [0.1, 0.15) is 19.7 Å². The summed E-state index contributed by atoms with van der Waals surface area (Å²) in [4.78, 5) is 4.26. The first-order valence-corrected chi connectivity index (χ1v) is 8.71. The third kappa shape index (κ3) is 4.32. The smallest absolute Gasteiger partial charge is 0.191 e. The lowest BCUT2D eigenvalue weighted by Gasteiger charge is -2.15. The summed E-state index contributed by atoms with van der Waals surface area (Å²) in [5.41, 5.74) is 2.64. The van der Waals surface area contributed by atoms with Crippen LogP contribution < -0.4 is 5.32 Å². The van der Waals surface area contributed by atoms with Crippen LogP contribution in [-0.4, -0.2) is 30.9 Å². The van der Waals surface area contributed by atoms with Crippen LogP contribution in [0.2, 0.25) is 0 Å². The summed E-state index contributed by atoms with van der Waals surface area (Å²) in [6.07, 6.45) is 1.62. The molecular weight excluding hydrogens is 288 g/mol. The molecule has 0 bridgehead atoms. The van der Waals surface area contributed by atoms with Crippen molar-refractivity contribution in [3.05, 3.63) is 36.4 Å². The van der Waals surface area contributed by atoms with Gasteiger partial charge in [-0.05, 0) is 19.1 Å². The minimum atomic E-state index is -2.97. The Kier molecular flexibility index (Phi) is 4.67. The number of anilines is 1.